The van der Waals surface area contributed by atoms with Crippen molar-refractivity contribution in [1.82, 2.24) is 19.4 Å². The van der Waals surface area contributed by atoms with Crippen LogP contribution in [0.5, 0.6) is 0 Å². The molecule has 1 saturated heterocycles. The van der Waals surface area contributed by atoms with Crippen LogP contribution in [0, 0.1) is 6.92 Å². The molecule has 1 unspecified atom stereocenters. The number of piperidine rings is 1. The van der Waals surface area contributed by atoms with E-state index >= 15 is 0 Å². The number of aromatic nitrogens is 2. The lowest BCUT2D eigenvalue weighted by Gasteiger charge is -2.50. The summed E-state index contributed by atoms with van der Waals surface area (Å²) in [5.41, 5.74) is 5.69. The minimum absolute atomic E-state index is 0.126. The lowest BCUT2D eigenvalue weighted by Crippen LogP contribution is -2.60. The number of carbonyl (C=O) groups excluding carboxylic acids is 1. The van der Waals surface area contributed by atoms with Gasteiger partial charge < -0.3 is 9.47 Å². The zero-order valence-electron chi connectivity index (χ0n) is 20.0. The molecule has 33 heavy (non-hydrogen) atoms. The highest BCUT2D eigenvalue weighted by atomic mass is 16.2. The second-order valence-corrected chi connectivity index (χ2v) is 10.1. The number of aryl methyl sites for hydroxylation is 1. The van der Waals surface area contributed by atoms with Crippen LogP contribution >= 0.6 is 0 Å². The van der Waals surface area contributed by atoms with Gasteiger partial charge in [-0.2, -0.15) is 0 Å². The van der Waals surface area contributed by atoms with Crippen molar-refractivity contribution < 1.29 is 4.79 Å². The molecular formula is C28H34N4O. The van der Waals surface area contributed by atoms with Crippen LogP contribution in [0.2, 0.25) is 0 Å². The molecule has 0 bridgehead atoms. The smallest absolute Gasteiger partial charge is 0.227 e. The summed E-state index contributed by atoms with van der Waals surface area (Å²) in [5.74, 6) is 0.226. The molecule has 0 radical (unpaired) electrons. The Morgan fingerprint density at radius 1 is 1.06 bits per heavy atom. The zero-order valence-corrected chi connectivity index (χ0v) is 20.0. The molecule has 0 aliphatic carbocycles. The van der Waals surface area contributed by atoms with Crippen molar-refractivity contribution in [2.45, 2.75) is 58.2 Å². The second-order valence-electron chi connectivity index (χ2n) is 10.1. The SMILES string of the molecule is Cc1ccc(CC(=O)N2CCCC3(C2)CN(C(C)C)Cc2c(-c4ccccc4)ncn23)cc1. The van der Waals surface area contributed by atoms with Crippen LogP contribution in [0.25, 0.3) is 11.3 Å². The van der Waals surface area contributed by atoms with Crippen molar-refractivity contribution in [3.63, 3.8) is 0 Å². The highest BCUT2D eigenvalue weighted by Crippen LogP contribution is 2.39. The topological polar surface area (TPSA) is 41.4 Å². The number of likely N-dealkylation sites (tertiary alicyclic amines) is 1. The van der Waals surface area contributed by atoms with Gasteiger partial charge in [-0.25, -0.2) is 4.98 Å². The summed E-state index contributed by atoms with van der Waals surface area (Å²) in [6.45, 7) is 10.0. The summed E-state index contributed by atoms with van der Waals surface area (Å²) in [5, 5.41) is 0. The van der Waals surface area contributed by atoms with E-state index in [1.807, 2.05) is 12.4 Å². The van der Waals surface area contributed by atoms with Gasteiger partial charge in [0.15, 0.2) is 0 Å². The molecule has 5 nitrogen and oxygen atoms in total. The van der Waals surface area contributed by atoms with Gasteiger partial charge in [-0.15, -0.1) is 0 Å². The molecule has 2 aliphatic rings. The van der Waals surface area contributed by atoms with Crippen molar-refractivity contribution in [3.05, 3.63) is 77.7 Å². The van der Waals surface area contributed by atoms with Crippen molar-refractivity contribution in [1.29, 1.82) is 0 Å². The fourth-order valence-corrected chi connectivity index (χ4v) is 5.48. The van der Waals surface area contributed by atoms with E-state index in [0.29, 0.717) is 12.5 Å². The lowest BCUT2D eigenvalue weighted by molar-refractivity contribution is -0.134. The van der Waals surface area contributed by atoms with Gasteiger partial charge in [0.1, 0.15) is 0 Å². The van der Waals surface area contributed by atoms with Crippen molar-refractivity contribution in [2.75, 3.05) is 19.6 Å². The fourth-order valence-electron chi connectivity index (χ4n) is 5.48. The number of amides is 1. The molecule has 5 rings (SSSR count). The van der Waals surface area contributed by atoms with Crippen LogP contribution in [0.3, 0.4) is 0 Å². The van der Waals surface area contributed by atoms with E-state index in [9.17, 15) is 4.79 Å². The summed E-state index contributed by atoms with van der Waals surface area (Å²) in [4.78, 5) is 22.9. The monoisotopic (exact) mass is 442 g/mol. The van der Waals surface area contributed by atoms with Gasteiger partial charge in [0.2, 0.25) is 5.91 Å². The van der Waals surface area contributed by atoms with Crippen molar-refractivity contribution in [3.8, 4) is 11.3 Å². The van der Waals surface area contributed by atoms with Crippen molar-refractivity contribution >= 4 is 5.91 Å². The number of hydrogen-bond donors (Lipinski definition) is 0. The highest BCUT2D eigenvalue weighted by molar-refractivity contribution is 5.79. The molecule has 0 saturated carbocycles. The Kier molecular flexibility index (Phi) is 5.83. The molecule has 1 amide bonds. The second kappa shape index (κ2) is 8.79. The molecule has 2 aliphatic heterocycles. The normalized spacial score (nSPS) is 20.9. The fraction of sp³-hybridized carbons (Fsp3) is 0.429. The summed E-state index contributed by atoms with van der Waals surface area (Å²) < 4.78 is 2.42. The molecule has 172 valence electrons. The van der Waals surface area contributed by atoms with Gasteiger partial charge in [0.25, 0.3) is 0 Å². The molecule has 2 aromatic carbocycles. The quantitative estimate of drug-likeness (QED) is 0.591. The number of hydrogen-bond acceptors (Lipinski definition) is 3. The molecule has 1 atom stereocenters. The first-order valence-electron chi connectivity index (χ1n) is 12.1. The third kappa shape index (κ3) is 4.22. The van der Waals surface area contributed by atoms with E-state index in [4.69, 9.17) is 4.98 Å². The molecule has 1 aromatic heterocycles. The number of nitrogens with zero attached hydrogens (tertiary/aromatic N) is 4. The summed E-state index contributed by atoms with van der Waals surface area (Å²) >= 11 is 0. The van der Waals surface area contributed by atoms with E-state index in [1.165, 1.54) is 11.3 Å². The third-order valence-electron chi connectivity index (χ3n) is 7.39. The van der Waals surface area contributed by atoms with Crippen molar-refractivity contribution in [2.24, 2.45) is 0 Å². The average molecular weight is 443 g/mol. The van der Waals surface area contributed by atoms with Gasteiger partial charge in [0, 0.05) is 37.8 Å². The van der Waals surface area contributed by atoms with Crippen LogP contribution in [0.1, 0.15) is 43.5 Å². The minimum atomic E-state index is -0.126. The molecule has 1 spiro atoms. The number of rotatable bonds is 4. The van der Waals surface area contributed by atoms with Crippen LogP contribution in [-0.2, 0) is 23.3 Å². The van der Waals surface area contributed by atoms with Gasteiger partial charge >= 0.3 is 0 Å². The first-order chi connectivity index (χ1) is 15.9. The van der Waals surface area contributed by atoms with Gasteiger partial charge in [0.05, 0.1) is 29.7 Å². The predicted octanol–water partition coefficient (Wildman–Crippen LogP) is 4.64. The first kappa shape index (κ1) is 21.9. The van der Waals surface area contributed by atoms with E-state index in [1.54, 1.807) is 0 Å². The highest BCUT2D eigenvalue weighted by Gasteiger charge is 2.45. The largest absolute Gasteiger partial charge is 0.340 e. The molecular weight excluding hydrogens is 408 g/mol. The van der Waals surface area contributed by atoms with E-state index in [-0.39, 0.29) is 11.4 Å². The van der Waals surface area contributed by atoms with Gasteiger partial charge in [-0.3, -0.25) is 9.69 Å². The van der Waals surface area contributed by atoms with E-state index < -0.39 is 0 Å². The number of fused-ring (bicyclic) bond motifs is 2. The van der Waals surface area contributed by atoms with Crippen LogP contribution in [0.4, 0.5) is 0 Å². The lowest BCUT2D eigenvalue weighted by atomic mass is 9.85. The number of carbonyl (C=O) groups is 1. The molecule has 5 heteroatoms. The summed E-state index contributed by atoms with van der Waals surface area (Å²) in [6.07, 6.45) is 4.59. The molecule has 0 N–H and O–H groups in total. The zero-order chi connectivity index (χ0) is 23.0. The van der Waals surface area contributed by atoms with Crippen LogP contribution in [0.15, 0.2) is 60.9 Å². The number of imidazole rings is 1. The predicted molar refractivity (Wildman–Crippen MR) is 132 cm³/mol. The summed E-state index contributed by atoms with van der Waals surface area (Å²) in [6, 6.07) is 19.3. The van der Waals surface area contributed by atoms with Crippen LogP contribution in [-0.4, -0.2) is 50.9 Å². The Morgan fingerprint density at radius 2 is 1.82 bits per heavy atom. The van der Waals surface area contributed by atoms with Gasteiger partial charge in [-0.05, 0) is 39.2 Å². The minimum Gasteiger partial charge on any atom is -0.340 e. The van der Waals surface area contributed by atoms with E-state index in [0.717, 1.165) is 55.8 Å². The van der Waals surface area contributed by atoms with Gasteiger partial charge in [-0.1, -0.05) is 60.2 Å². The Balaban J connectivity index is 1.46. The standard InChI is InChI=1S/C28H34N4O/c1-21(2)31-17-25-27(24-8-5-4-6-9-24)29-20-32(25)28(19-31)14-7-15-30(18-28)26(33)16-23-12-10-22(3)11-13-23/h4-6,8-13,20-21H,7,14-19H2,1-3H3. The Hall–Kier alpha value is -2.92. The third-order valence-corrected chi connectivity index (χ3v) is 7.39. The maximum Gasteiger partial charge on any atom is 0.227 e. The first-order valence-corrected chi connectivity index (χ1v) is 12.1. The number of benzene rings is 2. The van der Waals surface area contributed by atoms with E-state index in [2.05, 4.69) is 83.7 Å². The maximum absolute atomic E-state index is 13.3. The Bertz CT molecular complexity index is 1120. The Morgan fingerprint density at radius 3 is 2.55 bits per heavy atom. The molecule has 3 aromatic rings. The average Bonchev–Trinajstić information content (AvgIpc) is 3.26. The maximum atomic E-state index is 13.3. The molecule has 1 fully saturated rings. The summed E-state index contributed by atoms with van der Waals surface area (Å²) in [7, 11) is 0. The molecule has 3 heterocycles. The van der Waals surface area contributed by atoms with Crippen LogP contribution < -0.4 is 0 Å². The Labute approximate surface area is 197 Å².